The number of rotatable bonds is 5. The van der Waals surface area contributed by atoms with Gasteiger partial charge in [0.2, 0.25) is 0 Å². The second kappa shape index (κ2) is 6.48. The summed E-state index contributed by atoms with van der Waals surface area (Å²) in [6.45, 7) is 0. The second-order valence-corrected chi connectivity index (χ2v) is 4.35. The van der Waals surface area contributed by atoms with Crippen LogP contribution in [0.1, 0.15) is 22.3 Å². The molecule has 0 bridgehead atoms. The number of carbonyl (C=O) groups excluding carboxylic acids is 1. The number of carboxylic acid groups (broad SMARTS) is 1. The lowest BCUT2D eigenvalue weighted by Crippen LogP contribution is -2.07. The van der Waals surface area contributed by atoms with Gasteiger partial charge in [0.1, 0.15) is 0 Å². The molecule has 2 aromatic carbocycles. The maximum atomic E-state index is 12.0. The van der Waals surface area contributed by atoms with Gasteiger partial charge >= 0.3 is 5.97 Å². The van der Waals surface area contributed by atoms with Crippen molar-refractivity contribution in [1.82, 2.24) is 0 Å². The van der Waals surface area contributed by atoms with E-state index in [1.807, 2.05) is 24.3 Å². The van der Waals surface area contributed by atoms with Crippen molar-refractivity contribution in [2.24, 2.45) is 0 Å². The first kappa shape index (κ1) is 13.7. The van der Waals surface area contributed by atoms with E-state index in [1.165, 1.54) is 6.08 Å². The molecule has 0 spiro atoms. The van der Waals surface area contributed by atoms with Crippen LogP contribution in [0, 0.1) is 0 Å². The summed E-state index contributed by atoms with van der Waals surface area (Å²) in [5.41, 5.74) is 1.38. The van der Waals surface area contributed by atoms with Gasteiger partial charge in [-0.2, -0.15) is 0 Å². The first-order chi connectivity index (χ1) is 9.66. The zero-order chi connectivity index (χ0) is 14.4. The topological polar surface area (TPSA) is 54.4 Å². The molecule has 20 heavy (non-hydrogen) atoms. The average molecular weight is 266 g/mol. The summed E-state index contributed by atoms with van der Waals surface area (Å²) < 4.78 is 0. The summed E-state index contributed by atoms with van der Waals surface area (Å²) in [5.74, 6) is -1.27. The Hall–Kier alpha value is -2.68. The van der Waals surface area contributed by atoms with Gasteiger partial charge in [-0.05, 0) is 11.6 Å². The molecule has 0 unspecified atom stereocenters. The molecule has 0 aromatic heterocycles. The number of aliphatic carboxylic acids is 1. The zero-order valence-electron chi connectivity index (χ0n) is 10.8. The summed E-state index contributed by atoms with van der Waals surface area (Å²) in [5, 5.41) is 9.21. The maximum absolute atomic E-state index is 12.0. The van der Waals surface area contributed by atoms with Crippen LogP contribution in [0.5, 0.6) is 0 Å². The van der Waals surface area contributed by atoms with Crippen molar-refractivity contribution in [3.8, 4) is 0 Å². The van der Waals surface area contributed by atoms with Crippen molar-refractivity contribution in [2.45, 2.75) is 6.42 Å². The third-order valence-electron chi connectivity index (χ3n) is 2.86. The minimum atomic E-state index is -1.07. The third-order valence-corrected chi connectivity index (χ3v) is 2.86. The highest BCUT2D eigenvalue weighted by molar-refractivity contribution is 6.04. The molecule has 100 valence electrons. The van der Waals surface area contributed by atoms with Crippen molar-refractivity contribution in [1.29, 1.82) is 0 Å². The molecular weight excluding hydrogens is 252 g/mol. The zero-order valence-corrected chi connectivity index (χ0v) is 10.8. The number of Topliss-reactive ketones (excluding diaryl/α,β-unsaturated/α-hetero) is 1. The highest BCUT2D eigenvalue weighted by Gasteiger charge is 2.14. The van der Waals surface area contributed by atoms with E-state index in [0.29, 0.717) is 5.56 Å². The van der Waals surface area contributed by atoms with E-state index >= 15 is 0 Å². The predicted octanol–water partition coefficient (Wildman–Crippen LogP) is 3.43. The molecule has 0 fully saturated rings. The molecule has 0 aliphatic rings. The van der Waals surface area contributed by atoms with E-state index in [9.17, 15) is 14.7 Å². The van der Waals surface area contributed by atoms with Crippen LogP contribution in [-0.2, 0) is 4.79 Å². The van der Waals surface area contributed by atoms with E-state index in [2.05, 4.69) is 0 Å². The van der Waals surface area contributed by atoms with Crippen molar-refractivity contribution < 1.29 is 14.7 Å². The number of hydrogen-bond acceptors (Lipinski definition) is 2. The summed E-state index contributed by atoms with van der Waals surface area (Å²) in [6.07, 6.45) is 1.41. The SMILES string of the molecule is O=C(O)/C(=C\c1ccccc1)CC(=O)c1ccccc1. The summed E-state index contributed by atoms with van der Waals surface area (Å²) in [4.78, 5) is 23.3. The van der Waals surface area contributed by atoms with Crippen LogP contribution >= 0.6 is 0 Å². The first-order valence-electron chi connectivity index (χ1n) is 6.24. The highest BCUT2D eigenvalue weighted by Crippen LogP contribution is 2.14. The van der Waals surface area contributed by atoms with Gasteiger partial charge in [0.25, 0.3) is 0 Å². The summed E-state index contributed by atoms with van der Waals surface area (Å²) >= 11 is 0. The average Bonchev–Trinajstić information content (AvgIpc) is 2.48. The van der Waals surface area contributed by atoms with Gasteiger partial charge in [0.15, 0.2) is 5.78 Å². The quantitative estimate of drug-likeness (QED) is 0.666. The second-order valence-electron chi connectivity index (χ2n) is 4.35. The number of benzene rings is 2. The molecular formula is C17H14O3. The number of hydrogen-bond donors (Lipinski definition) is 1. The van der Waals surface area contributed by atoms with E-state index in [0.717, 1.165) is 5.56 Å². The van der Waals surface area contributed by atoms with Gasteiger partial charge in [0.05, 0.1) is 0 Å². The smallest absolute Gasteiger partial charge is 0.332 e. The van der Waals surface area contributed by atoms with Crippen LogP contribution in [0.2, 0.25) is 0 Å². The summed E-state index contributed by atoms with van der Waals surface area (Å²) in [7, 11) is 0. The summed E-state index contributed by atoms with van der Waals surface area (Å²) in [6, 6.07) is 17.8. The lowest BCUT2D eigenvalue weighted by atomic mass is 10.0. The van der Waals surface area contributed by atoms with Crippen LogP contribution in [0.4, 0.5) is 0 Å². The molecule has 2 rings (SSSR count). The Kier molecular flexibility index (Phi) is 4.45. The van der Waals surface area contributed by atoms with Crippen LogP contribution in [0.3, 0.4) is 0 Å². The molecule has 1 N–H and O–H groups in total. The Morgan fingerprint density at radius 1 is 0.900 bits per heavy atom. The Labute approximate surface area is 117 Å². The standard InChI is InChI=1S/C17H14O3/c18-16(14-9-5-2-6-10-14)12-15(17(19)20)11-13-7-3-1-4-8-13/h1-11H,12H2,(H,19,20)/b15-11-. The van der Waals surface area contributed by atoms with Crippen LogP contribution < -0.4 is 0 Å². The van der Waals surface area contributed by atoms with Crippen LogP contribution in [-0.4, -0.2) is 16.9 Å². The highest BCUT2D eigenvalue weighted by atomic mass is 16.4. The fraction of sp³-hybridized carbons (Fsp3) is 0.0588. The van der Waals surface area contributed by atoms with Crippen molar-refractivity contribution in [3.63, 3.8) is 0 Å². The van der Waals surface area contributed by atoms with Gasteiger partial charge in [-0.25, -0.2) is 4.79 Å². The van der Waals surface area contributed by atoms with Gasteiger partial charge in [-0.15, -0.1) is 0 Å². The monoisotopic (exact) mass is 266 g/mol. The molecule has 0 heterocycles. The normalized spacial score (nSPS) is 11.1. The molecule has 0 aliphatic heterocycles. The molecule has 0 saturated heterocycles. The van der Waals surface area contributed by atoms with Crippen LogP contribution in [0.25, 0.3) is 6.08 Å². The van der Waals surface area contributed by atoms with Gasteiger partial charge in [0, 0.05) is 17.6 Å². The van der Waals surface area contributed by atoms with Gasteiger partial charge < -0.3 is 5.11 Å². The molecule has 2 aromatic rings. The third kappa shape index (κ3) is 3.65. The minimum Gasteiger partial charge on any atom is -0.478 e. The Bertz CT molecular complexity index is 628. The van der Waals surface area contributed by atoms with E-state index in [4.69, 9.17) is 0 Å². The Balaban J connectivity index is 2.21. The number of carbonyl (C=O) groups is 2. The van der Waals surface area contributed by atoms with E-state index < -0.39 is 5.97 Å². The minimum absolute atomic E-state index is 0.0880. The largest absolute Gasteiger partial charge is 0.478 e. The van der Waals surface area contributed by atoms with Gasteiger partial charge in [-0.1, -0.05) is 60.7 Å². The van der Waals surface area contributed by atoms with Gasteiger partial charge in [-0.3, -0.25) is 4.79 Å². The van der Waals surface area contributed by atoms with Crippen molar-refractivity contribution in [2.75, 3.05) is 0 Å². The number of ketones is 1. The molecule has 0 amide bonds. The van der Waals surface area contributed by atoms with E-state index in [1.54, 1.807) is 36.4 Å². The molecule has 3 heteroatoms. The van der Waals surface area contributed by atoms with Crippen LogP contribution in [0.15, 0.2) is 66.2 Å². The van der Waals surface area contributed by atoms with Crippen molar-refractivity contribution in [3.05, 3.63) is 77.4 Å². The predicted molar refractivity (Wildman–Crippen MR) is 77.4 cm³/mol. The lowest BCUT2D eigenvalue weighted by molar-refractivity contribution is -0.132. The molecule has 0 radical (unpaired) electrons. The molecule has 0 atom stereocenters. The lowest BCUT2D eigenvalue weighted by Gasteiger charge is -2.03. The fourth-order valence-electron chi connectivity index (χ4n) is 1.84. The first-order valence-corrected chi connectivity index (χ1v) is 6.24. The molecule has 3 nitrogen and oxygen atoms in total. The maximum Gasteiger partial charge on any atom is 0.332 e. The van der Waals surface area contributed by atoms with E-state index in [-0.39, 0.29) is 17.8 Å². The van der Waals surface area contributed by atoms with Crippen molar-refractivity contribution >= 4 is 17.8 Å². The molecule has 0 saturated carbocycles. The Morgan fingerprint density at radius 3 is 2.00 bits per heavy atom. The fourth-order valence-corrected chi connectivity index (χ4v) is 1.84. The molecule has 0 aliphatic carbocycles. The number of carboxylic acids is 1. The Morgan fingerprint density at radius 2 is 1.45 bits per heavy atom.